The van der Waals surface area contributed by atoms with E-state index in [1.165, 1.54) is 17.3 Å². The molecular weight excluding hydrogens is 294 g/mol. The minimum atomic E-state index is -0.0390. The smallest absolute Gasteiger partial charge is 0.264 e. The Bertz CT molecular complexity index is 634. The van der Waals surface area contributed by atoms with Crippen molar-refractivity contribution in [3.05, 3.63) is 40.4 Å². The number of nitrogens with one attached hydrogen (secondary N) is 1. The standard InChI is InChI=1S/C17H21N3OS/c1-3-5-13-6-8-14(9-7-13)19-16(21)15-12(2)20-11-4-10-18-17(20)22-15/h6-9H,3-5,10-11H2,1-2H3,(H,19,21). The van der Waals surface area contributed by atoms with Crippen molar-refractivity contribution in [3.63, 3.8) is 0 Å². The zero-order valence-corrected chi connectivity index (χ0v) is 13.9. The summed E-state index contributed by atoms with van der Waals surface area (Å²) in [6.45, 7) is 5.99. The van der Waals surface area contributed by atoms with Gasteiger partial charge in [0.05, 0.1) is 4.91 Å². The molecule has 0 radical (unpaired) electrons. The van der Waals surface area contributed by atoms with Gasteiger partial charge in [0.25, 0.3) is 5.91 Å². The maximum atomic E-state index is 12.5. The number of rotatable bonds is 4. The summed E-state index contributed by atoms with van der Waals surface area (Å²) in [5, 5.41) is 3.96. The van der Waals surface area contributed by atoms with Crippen molar-refractivity contribution in [2.45, 2.75) is 33.1 Å². The van der Waals surface area contributed by atoms with Crippen LogP contribution in [0.5, 0.6) is 0 Å². The molecule has 0 aliphatic carbocycles. The van der Waals surface area contributed by atoms with E-state index < -0.39 is 0 Å². The average Bonchev–Trinajstić information content (AvgIpc) is 2.87. The van der Waals surface area contributed by atoms with Gasteiger partial charge in [0.1, 0.15) is 0 Å². The highest BCUT2D eigenvalue weighted by atomic mass is 32.2. The second kappa shape index (κ2) is 6.57. The highest BCUT2D eigenvalue weighted by Crippen LogP contribution is 2.36. The van der Waals surface area contributed by atoms with E-state index in [9.17, 15) is 4.79 Å². The molecule has 5 heteroatoms. The first-order valence-electron chi connectivity index (χ1n) is 7.80. The summed E-state index contributed by atoms with van der Waals surface area (Å²) in [5.41, 5.74) is 3.17. The largest absolute Gasteiger partial charge is 0.324 e. The third kappa shape index (κ3) is 3.04. The van der Waals surface area contributed by atoms with Crippen LogP contribution in [0.25, 0.3) is 0 Å². The van der Waals surface area contributed by atoms with E-state index in [1.54, 1.807) is 0 Å². The third-order valence-electron chi connectivity index (χ3n) is 3.90. The number of anilines is 1. The van der Waals surface area contributed by atoms with Crippen LogP contribution in [-0.4, -0.2) is 29.1 Å². The summed E-state index contributed by atoms with van der Waals surface area (Å²) < 4.78 is 0. The first-order valence-corrected chi connectivity index (χ1v) is 8.61. The number of benzene rings is 1. The maximum absolute atomic E-state index is 12.5. The van der Waals surface area contributed by atoms with E-state index in [1.807, 2.05) is 19.1 Å². The molecule has 0 bridgehead atoms. The molecule has 0 saturated heterocycles. The van der Waals surface area contributed by atoms with Crippen LogP contribution < -0.4 is 5.32 Å². The third-order valence-corrected chi connectivity index (χ3v) is 5.12. The van der Waals surface area contributed by atoms with Crippen LogP contribution in [0.15, 0.2) is 39.9 Å². The normalized spacial score (nSPS) is 17.4. The van der Waals surface area contributed by atoms with Crippen molar-refractivity contribution in [1.29, 1.82) is 0 Å². The van der Waals surface area contributed by atoms with E-state index >= 15 is 0 Å². The number of fused-ring (bicyclic) bond motifs is 1. The summed E-state index contributed by atoms with van der Waals surface area (Å²) in [6.07, 6.45) is 3.25. The summed E-state index contributed by atoms with van der Waals surface area (Å²) in [4.78, 5) is 19.9. The monoisotopic (exact) mass is 315 g/mol. The molecule has 2 heterocycles. The fraction of sp³-hybridized carbons (Fsp3) is 0.412. The minimum Gasteiger partial charge on any atom is -0.324 e. The molecular formula is C17H21N3OS. The number of hydrogen-bond donors (Lipinski definition) is 1. The summed E-state index contributed by atoms with van der Waals surface area (Å²) in [5.74, 6) is -0.0390. The Morgan fingerprint density at radius 1 is 1.36 bits per heavy atom. The van der Waals surface area contributed by atoms with Gasteiger partial charge < -0.3 is 10.2 Å². The predicted molar refractivity (Wildman–Crippen MR) is 93.0 cm³/mol. The van der Waals surface area contributed by atoms with Gasteiger partial charge in [-0.2, -0.15) is 0 Å². The van der Waals surface area contributed by atoms with E-state index in [4.69, 9.17) is 0 Å². The Morgan fingerprint density at radius 2 is 2.14 bits per heavy atom. The summed E-state index contributed by atoms with van der Waals surface area (Å²) >= 11 is 1.48. The van der Waals surface area contributed by atoms with E-state index in [0.717, 1.165) is 53.8 Å². The molecule has 2 aliphatic rings. The van der Waals surface area contributed by atoms with Crippen LogP contribution in [0.3, 0.4) is 0 Å². The molecule has 0 spiro atoms. The Balaban J connectivity index is 1.70. The molecule has 0 aromatic heterocycles. The number of aliphatic imine (C=N–C) groups is 1. The van der Waals surface area contributed by atoms with E-state index in [-0.39, 0.29) is 5.91 Å². The molecule has 0 saturated carbocycles. The first-order chi connectivity index (χ1) is 10.7. The summed E-state index contributed by atoms with van der Waals surface area (Å²) in [6, 6.07) is 8.11. The van der Waals surface area contributed by atoms with Gasteiger partial charge in [-0.3, -0.25) is 9.79 Å². The lowest BCUT2D eigenvalue weighted by atomic mass is 10.1. The van der Waals surface area contributed by atoms with Crippen LogP contribution in [0.1, 0.15) is 32.3 Å². The lowest BCUT2D eigenvalue weighted by molar-refractivity contribution is -0.112. The molecule has 116 valence electrons. The number of hydrogen-bond acceptors (Lipinski definition) is 4. The zero-order valence-electron chi connectivity index (χ0n) is 13.1. The number of nitrogens with zero attached hydrogens (tertiary/aromatic N) is 2. The molecule has 3 rings (SSSR count). The van der Waals surface area contributed by atoms with Gasteiger partial charge in [-0.05, 0) is 49.2 Å². The van der Waals surface area contributed by atoms with Crippen LogP contribution >= 0.6 is 11.8 Å². The van der Waals surface area contributed by atoms with Gasteiger partial charge in [-0.1, -0.05) is 25.5 Å². The fourth-order valence-electron chi connectivity index (χ4n) is 2.71. The SMILES string of the molecule is CCCc1ccc(NC(=O)C2=C(C)N3CCCN=C3S2)cc1. The van der Waals surface area contributed by atoms with E-state index in [0.29, 0.717) is 0 Å². The molecule has 0 unspecified atom stereocenters. The number of amides is 1. The zero-order chi connectivity index (χ0) is 15.5. The number of carbonyl (C=O) groups excluding carboxylic acids is 1. The van der Waals surface area contributed by atoms with Crippen molar-refractivity contribution in [1.82, 2.24) is 4.90 Å². The quantitative estimate of drug-likeness (QED) is 0.923. The van der Waals surface area contributed by atoms with E-state index in [2.05, 4.69) is 34.3 Å². The lowest BCUT2D eigenvalue weighted by Gasteiger charge is -2.23. The minimum absolute atomic E-state index is 0.0390. The van der Waals surface area contributed by atoms with Gasteiger partial charge in [-0.15, -0.1) is 0 Å². The molecule has 1 aromatic carbocycles. The van der Waals surface area contributed by atoms with Crippen molar-refractivity contribution in [3.8, 4) is 0 Å². The van der Waals surface area contributed by atoms with Crippen LogP contribution in [-0.2, 0) is 11.2 Å². The van der Waals surface area contributed by atoms with Gasteiger partial charge in [0.15, 0.2) is 5.17 Å². The Hall–Kier alpha value is -1.75. The first kappa shape index (κ1) is 15.2. The second-order valence-corrected chi connectivity index (χ2v) is 6.56. The predicted octanol–water partition coefficient (Wildman–Crippen LogP) is 3.62. The number of allylic oxidation sites excluding steroid dienone is 1. The average molecular weight is 315 g/mol. The van der Waals surface area contributed by atoms with Crippen LogP contribution in [0.2, 0.25) is 0 Å². The maximum Gasteiger partial charge on any atom is 0.264 e. The number of carbonyl (C=O) groups is 1. The van der Waals surface area contributed by atoms with Crippen molar-refractivity contribution >= 4 is 28.5 Å². The second-order valence-electron chi connectivity index (χ2n) is 5.59. The van der Waals surface area contributed by atoms with Gasteiger partial charge in [0, 0.05) is 24.5 Å². The topological polar surface area (TPSA) is 44.7 Å². The Morgan fingerprint density at radius 3 is 2.82 bits per heavy atom. The van der Waals surface area contributed by atoms with Gasteiger partial charge >= 0.3 is 0 Å². The summed E-state index contributed by atoms with van der Waals surface area (Å²) in [7, 11) is 0. The fourth-order valence-corrected chi connectivity index (χ4v) is 3.79. The molecule has 1 amide bonds. The molecule has 4 nitrogen and oxygen atoms in total. The molecule has 1 N–H and O–H groups in total. The highest BCUT2D eigenvalue weighted by Gasteiger charge is 2.31. The van der Waals surface area contributed by atoms with Crippen LogP contribution in [0.4, 0.5) is 5.69 Å². The van der Waals surface area contributed by atoms with Crippen LogP contribution in [0, 0.1) is 0 Å². The highest BCUT2D eigenvalue weighted by molar-refractivity contribution is 8.18. The van der Waals surface area contributed by atoms with Gasteiger partial charge in [-0.25, -0.2) is 0 Å². The molecule has 2 aliphatic heterocycles. The number of aryl methyl sites for hydroxylation is 1. The Labute approximate surface area is 135 Å². The Kier molecular flexibility index (Phi) is 4.52. The molecule has 0 fully saturated rings. The van der Waals surface area contributed by atoms with Gasteiger partial charge in [0.2, 0.25) is 0 Å². The molecule has 22 heavy (non-hydrogen) atoms. The number of amidine groups is 1. The number of thioether (sulfide) groups is 1. The van der Waals surface area contributed by atoms with Crippen molar-refractivity contribution < 1.29 is 4.79 Å². The molecule has 1 aromatic rings. The van der Waals surface area contributed by atoms with Crippen molar-refractivity contribution in [2.24, 2.45) is 4.99 Å². The molecule has 0 atom stereocenters. The van der Waals surface area contributed by atoms with Crippen molar-refractivity contribution in [2.75, 3.05) is 18.4 Å². The lowest BCUT2D eigenvalue weighted by Crippen LogP contribution is -2.28.